The van der Waals surface area contributed by atoms with Gasteiger partial charge in [0.05, 0.1) is 0 Å². The molecule has 0 radical (unpaired) electrons. The molecule has 2 aliphatic rings. The lowest BCUT2D eigenvalue weighted by atomic mass is 9.81. The molecule has 0 heterocycles. The summed E-state index contributed by atoms with van der Waals surface area (Å²) in [6, 6.07) is 6.57. The molecule has 0 saturated carbocycles. The topological polar surface area (TPSA) is 0 Å². The van der Waals surface area contributed by atoms with Crippen molar-refractivity contribution in [1.29, 1.82) is 0 Å². The predicted octanol–water partition coefficient (Wildman–Crippen LogP) is 4.72. The largest absolute Gasteiger partial charge is 0.0807 e. The van der Waals surface area contributed by atoms with Crippen molar-refractivity contribution >= 4 is 12.2 Å². The Hall–Kier alpha value is -1.82. The summed E-state index contributed by atoms with van der Waals surface area (Å²) in [4.78, 5) is 0. The molecular weight excluding hydrogens is 204 g/mol. The average molecular weight is 220 g/mol. The molecular formula is C17H16. The molecule has 0 aliphatic heterocycles. The number of hydrogen-bond donors (Lipinski definition) is 0. The quantitative estimate of drug-likeness (QED) is 0.593. The Morgan fingerprint density at radius 3 is 2.71 bits per heavy atom. The van der Waals surface area contributed by atoms with Gasteiger partial charge in [-0.1, -0.05) is 67.7 Å². The Labute approximate surface area is 103 Å². The summed E-state index contributed by atoms with van der Waals surface area (Å²) in [5.41, 5.74) is 5.59. The summed E-state index contributed by atoms with van der Waals surface area (Å²) in [7, 11) is 0. The van der Waals surface area contributed by atoms with E-state index in [4.69, 9.17) is 0 Å². The minimum Gasteiger partial charge on any atom is -0.0807 e. The van der Waals surface area contributed by atoms with E-state index in [0.29, 0.717) is 5.92 Å². The molecule has 2 bridgehead atoms. The fourth-order valence-electron chi connectivity index (χ4n) is 2.62. The van der Waals surface area contributed by atoms with Crippen LogP contribution in [0.2, 0.25) is 0 Å². The van der Waals surface area contributed by atoms with Crippen molar-refractivity contribution in [2.45, 2.75) is 19.3 Å². The number of allylic oxidation sites excluding steroid dienone is 6. The Balaban J connectivity index is 2.26. The summed E-state index contributed by atoms with van der Waals surface area (Å²) in [6.45, 7) is 2.29. The van der Waals surface area contributed by atoms with E-state index in [-0.39, 0.29) is 0 Å². The maximum absolute atomic E-state index is 2.29. The second-order valence-electron chi connectivity index (χ2n) is 4.64. The third-order valence-corrected chi connectivity index (χ3v) is 3.56. The van der Waals surface area contributed by atoms with Gasteiger partial charge in [-0.15, -0.1) is 0 Å². The highest BCUT2D eigenvalue weighted by Crippen LogP contribution is 2.36. The number of hydrogen-bond acceptors (Lipinski definition) is 0. The monoisotopic (exact) mass is 220 g/mol. The van der Waals surface area contributed by atoms with Crippen LogP contribution in [0.5, 0.6) is 0 Å². The SMILES string of the molecule is CC1/C2=C\C=C/C/C=C\c3cccc(c31)C=C2. The minimum atomic E-state index is 0.485. The van der Waals surface area contributed by atoms with Gasteiger partial charge >= 0.3 is 0 Å². The highest BCUT2D eigenvalue weighted by atomic mass is 14.2. The number of benzene rings is 1. The first-order valence-corrected chi connectivity index (χ1v) is 6.20. The van der Waals surface area contributed by atoms with Crippen molar-refractivity contribution in [3.05, 3.63) is 70.8 Å². The van der Waals surface area contributed by atoms with E-state index in [1.807, 2.05) is 0 Å². The van der Waals surface area contributed by atoms with Gasteiger partial charge < -0.3 is 0 Å². The van der Waals surface area contributed by atoms with Gasteiger partial charge in [0.15, 0.2) is 0 Å². The van der Waals surface area contributed by atoms with Gasteiger partial charge in [0, 0.05) is 5.92 Å². The minimum absolute atomic E-state index is 0.485. The van der Waals surface area contributed by atoms with Crippen LogP contribution in [0.4, 0.5) is 0 Å². The molecule has 0 N–H and O–H groups in total. The highest BCUT2D eigenvalue weighted by Gasteiger charge is 2.18. The molecule has 0 nitrogen and oxygen atoms in total. The van der Waals surface area contributed by atoms with Crippen LogP contribution >= 0.6 is 0 Å². The van der Waals surface area contributed by atoms with Crippen LogP contribution in [0.25, 0.3) is 12.2 Å². The first-order valence-electron chi connectivity index (χ1n) is 6.20. The van der Waals surface area contributed by atoms with Gasteiger partial charge in [0.2, 0.25) is 0 Å². The maximum Gasteiger partial charge on any atom is 0.00728 e. The van der Waals surface area contributed by atoms with Crippen molar-refractivity contribution in [1.82, 2.24) is 0 Å². The van der Waals surface area contributed by atoms with E-state index in [1.165, 1.54) is 22.3 Å². The van der Waals surface area contributed by atoms with Crippen LogP contribution in [0.1, 0.15) is 36.0 Å². The van der Waals surface area contributed by atoms with E-state index in [9.17, 15) is 0 Å². The van der Waals surface area contributed by atoms with Crippen molar-refractivity contribution in [2.24, 2.45) is 0 Å². The van der Waals surface area contributed by atoms with Gasteiger partial charge in [-0.25, -0.2) is 0 Å². The summed E-state index contributed by atoms with van der Waals surface area (Å²) in [6.07, 6.45) is 16.6. The zero-order valence-corrected chi connectivity index (χ0v) is 10.1. The maximum atomic E-state index is 2.29. The lowest BCUT2D eigenvalue weighted by molar-refractivity contribution is 0.907. The summed E-state index contributed by atoms with van der Waals surface area (Å²) in [5, 5.41) is 0. The zero-order chi connectivity index (χ0) is 11.7. The van der Waals surface area contributed by atoms with Gasteiger partial charge in [-0.2, -0.15) is 0 Å². The van der Waals surface area contributed by atoms with Crippen LogP contribution in [-0.4, -0.2) is 0 Å². The third-order valence-electron chi connectivity index (χ3n) is 3.56. The molecule has 1 unspecified atom stereocenters. The molecule has 0 fully saturated rings. The van der Waals surface area contributed by atoms with Crippen LogP contribution < -0.4 is 0 Å². The van der Waals surface area contributed by atoms with Crippen LogP contribution in [0.3, 0.4) is 0 Å². The average Bonchev–Trinajstić information content (AvgIpc) is 2.35. The Bertz CT molecular complexity index is 553. The first-order chi connectivity index (χ1) is 8.36. The molecule has 0 saturated heterocycles. The molecule has 0 amide bonds. The summed E-state index contributed by atoms with van der Waals surface area (Å²) in [5.74, 6) is 0.485. The van der Waals surface area contributed by atoms with Crippen molar-refractivity contribution < 1.29 is 0 Å². The van der Waals surface area contributed by atoms with E-state index in [0.717, 1.165) is 6.42 Å². The second-order valence-corrected chi connectivity index (χ2v) is 4.64. The Morgan fingerprint density at radius 1 is 1.00 bits per heavy atom. The van der Waals surface area contributed by atoms with E-state index in [2.05, 4.69) is 67.7 Å². The van der Waals surface area contributed by atoms with Crippen molar-refractivity contribution in [2.75, 3.05) is 0 Å². The van der Waals surface area contributed by atoms with Crippen molar-refractivity contribution in [3.8, 4) is 0 Å². The molecule has 1 atom stereocenters. The van der Waals surface area contributed by atoms with Crippen LogP contribution in [-0.2, 0) is 0 Å². The Kier molecular flexibility index (Phi) is 2.56. The van der Waals surface area contributed by atoms with Crippen LogP contribution in [0.15, 0.2) is 54.2 Å². The third kappa shape index (κ3) is 1.80. The fraction of sp³-hybridized carbons (Fsp3) is 0.176. The van der Waals surface area contributed by atoms with Crippen LogP contribution in [0, 0.1) is 0 Å². The Morgan fingerprint density at radius 2 is 1.82 bits per heavy atom. The molecule has 0 spiro atoms. The molecule has 0 aromatic heterocycles. The summed E-state index contributed by atoms with van der Waals surface area (Å²) >= 11 is 0. The molecule has 0 heteroatoms. The molecule has 2 aliphatic carbocycles. The van der Waals surface area contributed by atoms with E-state index < -0.39 is 0 Å². The molecule has 17 heavy (non-hydrogen) atoms. The molecule has 3 rings (SSSR count). The van der Waals surface area contributed by atoms with Gasteiger partial charge in [-0.05, 0) is 28.7 Å². The number of rotatable bonds is 0. The lowest BCUT2D eigenvalue weighted by Crippen LogP contribution is -2.05. The van der Waals surface area contributed by atoms with E-state index >= 15 is 0 Å². The van der Waals surface area contributed by atoms with Gasteiger partial charge in [0.25, 0.3) is 0 Å². The van der Waals surface area contributed by atoms with Gasteiger partial charge in [-0.3, -0.25) is 0 Å². The molecule has 84 valence electrons. The van der Waals surface area contributed by atoms with Crippen molar-refractivity contribution in [3.63, 3.8) is 0 Å². The smallest absolute Gasteiger partial charge is 0.00728 e. The lowest BCUT2D eigenvalue weighted by Gasteiger charge is -2.23. The first kappa shape index (κ1) is 10.3. The van der Waals surface area contributed by atoms with E-state index in [1.54, 1.807) is 0 Å². The predicted molar refractivity (Wildman–Crippen MR) is 74.8 cm³/mol. The second kappa shape index (κ2) is 4.21. The van der Waals surface area contributed by atoms with Gasteiger partial charge in [0.1, 0.15) is 0 Å². The fourth-order valence-corrected chi connectivity index (χ4v) is 2.62. The molecule has 1 aromatic rings. The standard InChI is InChI=1S/C17H16/c1-13-14-7-4-2-3-5-8-15-9-6-10-16(12-11-14)17(13)15/h2,4-13H,3H2,1H3/b4-2-,8-5-,14-7-. The zero-order valence-electron chi connectivity index (χ0n) is 10.1. The number of fused-ring (bicyclic) bond motifs is 1. The molecule has 1 aromatic carbocycles. The summed E-state index contributed by atoms with van der Waals surface area (Å²) < 4.78 is 0. The highest BCUT2D eigenvalue weighted by molar-refractivity contribution is 5.71. The normalized spacial score (nSPS) is 28.1.